The van der Waals surface area contributed by atoms with Crippen LogP contribution in [0, 0.1) is 18.3 Å². The predicted molar refractivity (Wildman–Crippen MR) is 55.0 cm³/mol. The predicted octanol–water partition coefficient (Wildman–Crippen LogP) is 2.70. The number of nitrogens with zero attached hydrogens (tertiary/aromatic N) is 2. The molecule has 72 valence electrons. The van der Waals surface area contributed by atoms with E-state index < -0.39 is 0 Å². The number of pyridine rings is 1. The Labute approximate surface area is 84.6 Å². The molecule has 0 aliphatic heterocycles. The van der Waals surface area contributed by atoms with Crippen molar-refractivity contribution in [1.29, 1.82) is 5.26 Å². The lowest BCUT2D eigenvalue weighted by Gasteiger charge is -2.21. The van der Waals surface area contributed by atoms with Gasteiger partial charge >= 0.3 is 0 Å². The van der Waals surface area contributed by atoms with E-state index in [9.17, 15) is 0 Å². The highest BCUT2D eigenvalue weighted by molar-refractivity contribution is 5.40. The summed E-state index contributed by atoms with van der Waals surface area (Å²) >= 11 is 0. The average molecular weight is 186 g/mol. The first-order chi connectivity index (χ1) is 6.72. The third-order valence-electron chi connectivity index (χ3n) is 3.00. The molecule has 1 unspecified atom stereocenters. The van der Waals surface area contributed by atoms with Crippen molar-refractivity contribution in [2.45, 2.75) is 39.0 Å². The van der Waals surface area contributed by atoms with Gasteiger partial charge in [0.1, 0.15) is 6.07 Å². The van der Waals surface area contributed by atoms with Gasteiger partial charge in [-0.3, -0.25) is 4.98 Å². The van der Waals surface area contributed by atoms with E-state index >= 15 is 0 Å². The van der Waals surface area contributed by atoms with Gasteiger partial charge in [0.2, 0.25) is 0 Å². The Morgan fingerprint density at radius 1 is 1.57 bits per heavy atom. The van der Waals surface area contributed by atoms with Gasteiger partial charge in [-0.15, -0.1) is 0 Å². The third-order valence-corrected chi connectivity index (χ3v) is 3.00. The summed E-state index contributed by atoms with van der Waals surface area (Å²) in [4.78, 5) is 4.54. The molecule has 0 aromatic carbocycles. The van der Waals surface area contributed by atoms with Crippen LogP contribution in [-0.4, -0.2) is 4.98 Å². The largest absolute Gasteiger partial charge is 0.256 e. The molecule has 0 bridgehead atoms. The molecule has 0 N–H and O–H groups in total. The number of hydrogen-bond donors (Lipinski definition) is 0. The van der Waals surface area contributed by atoms with Gasteiger partial charge < -0.3 is 0 Å². The molecule has 2 rings (SSSR count). The van der Waals surface area contributed by atoms with Gasteiger partial charge in [-0.05, 0) is 43.7 Å². The number of aryl methyl sites for hydroxylation is 2. The Morgan fingerprint density at radius 2 is 2.36 bits per heavy atom. The zero-order valence-electron chi connectivity index (χ0n) is 8.67. The third kappa shape index (κ3) is 1.39. The summed E-state index contributed by atoms with van der Waals surface area (Å²) in [5, 5.41) is 8.90. The van der Waals surface area contributed by atoms with Crippen LogP contribution < -0.4 is 0 Å². The number of aromatic nitrogens is 1. The van der Waals surface area contributed by atoms with Crippen molar-refractivity contribution in [2.75, 3.05) is 0 Å². The molecule has 0 amide bonds. The van der Waals surface area contributed by atoms with Crippen LogP contribution in [0.5, 0.6) is 0 Å². The van der Waals surface area contributed by atoms with E-state index in [4.69, 9.17) is 5.26 Å². The first-order valence-corrected chi connectivity index (χ1v) is 5.13. The highest BCUT2D eigenvalue weighted by Gasteiger charge is 2.19. The van der Waals surface area contributed by atoms with Crippen LogP contribution in [0.25, 0.3) is 0 Å². The van der Waals surface area contributed by atoms with Gasteiger partial charge in [0, 0.05) is 5.69 Å². The van der Waals surface area contributed by atoms with Crippen molar-refractivity contribution >= 4 is 0 Å². The highest BCUT2D eigenvalue weighted by Crippen LogP contribution is 2.30. The van der Waals surface area contributed by atoms with Crippen LogP contribution in [0.2, 0.25) is 0 Å². The summed E-state index contributed by atoms with van der Waals surface area (Å²) < 4.78 is 0. The van der Waals surface area contributed by atoms with Gasteiger partial charge in [-0.2, -0.15) is 5.26 Å². The molecule has 1 atom stereocenters. The maximum absolute atomic E-state index is 8.90. The molecule has 0 fully saturated rings. The van der Waals surface area contributed by atoms with E-state index in [0.717, 1.165) is 17.7 Å². The molecule has 1 aliphatic rings. The van der Waals surface area contributed by atoms with Crippen LogP contribution in [0.3, 0.4) is 0 Å². The molecular weight excluding hydrogens is 172 g/mol. The van der Waals surface area contributed by atoms with Crippen molar-refractivity contribution in [2.24, 2.45) is 0 Å². The first-order valence-electron chi connectivity index (χ1n) is 5.13. The van der Waals surface area contributed by atoms with Gasteiger partial charge in [-0.1, -0.05) is 6.92 Å². The lowest BCUT2D eigenvalue weighted by molar-refractivity contribution is 0.571. The second kappa shape index (κ2) is 3.42. The van der Waals surface area contributed by atoms with Crippen molar-refractivity contribution in [3.63, 3.8) is 0 Å². The van der Waals surface area contributed by atoms with Gasteiger partial charge in [0.05, 0.1) is 11.3 Å². The van der Waals surface area contributed by atoms with Crippen LogP contribution in [0.4, 0.5) is 0 Å². The maximum Gasteiger partial charge on any atom is 0.101 e. The molecular formula is C12H14N2. The molecule has 14 heavy (non-hydrogen) atoms. The lowest BCUT2D eigenvalue weighted by Crippen LogP contribution is -2.11. The first kappa shape index (κ1) is 9.21. The Balaban J connectivity index is 2.55. The number of hydrogen-bond acceptors (Lipinski definition) is 2. The minimum absolute atomic E-state index is 0.560. The molecule has 0 saturated carbocycles. The Hall–Kier alpha value is -1.36. The van der Waals surface area contributed by atoms with Crippen LogP contribution >= 0.6 is 0 Å². The van der Waals surface area contributed by atoms with E-state index in [1.165, 1.54) is 24.1 Å². The summed E-state index contributed by atoms with van der Waals surface area (Å²) in [6, 6.07) is 4.22. The summed E-state index contributed by atoms with van der Waals surface area (Å²) in [7, 11) is 0. The van der Waals surface area contributed by atoms with Gasteiger partial charge in [-0.25, -0.2) is 0 Å². The minimum atomic E-state index is 0.560. The molecule has 0 saturated heterocycles. The average Bonchev–Trinajstić information content (AvgIpc) is 2.19. The fraction of sp³-hybridized carbons (Fsp3) is 0.500. The smallest absolute Gasteiger partial charge is 0.101 e. The molecule has 0 radical (unpaired) electrons. The second-order valence-corrected chi connectivity index (χ2v) is 4.07. The van der Waals surface area contributed by atoms with Crippen LogP contribution in [0.1, 0.15) is 48.2 Å². The normalized spacial score (nSPS) is 19.9. The Kier molecular flexibility index (Phi) is 2.25. The van der Waals surface area contributed by atoms with E-state index in [0.29, 0.717) is 5.92 Å². The van der Waals surface area contributed by atoms with E-state index in [2.05, 4.69) is 18.0 Å². The molecule has 1 aromatic rings. The van der Waals surface area contributed by atoms with Crippen LogP contribution in [-0.2, 0) is 6.42 Å². The minimum Gasteiger partial charge on any atom is -0.256 e. The molecule has 2 nitrogen and oxygen atoms in total. The van der Waals surface area contributed by atoms with Crippen molar-refractivity contribution in [3.05, 3.63) is 28.6 Å². The fourth-order valence-corrected chi connectivity index (χ4v) is 2.14. The quantitative estimate of drug-likeness (QED) is 0.624. The Morgan fingerprint density at radius 3 is 3.07 bits per heavy atom. The van der Waals surface area contributed by atoms with Crippen molar-refractivity contribution in [1.82, 2.24) is 4.98 Å². The van der Waals surface area contributed by atoms with Crippen molar-refractivity contribution in [3.8, 4) is 6.07 Å². The van der Waals surface area contributed by atoms with E-state index in [1.54, 1.807) is 0 Å². The number of rotatable bonds is 0. The topological polar surface area (TPSA) is 36.7 Å². The zero-order valence-corrected chi connectivity index (χ0v) is 8.67. The van der Waals surface area contributed by atoms with Crippen molar-refractivity contribution < 1.29 is 0 Å². The fourth-order valence-electron chi connectivity index (χ4n) is 2.14. The van der Waals surface area contributed by atoms with Gasteiger partial charge in [0.15, 0.2) is 0 Å². The zero-order chi connectivity index (χ0) is 10.1. The monoisotopic (exact) mass is 186 g/mol. The van der Waals surface area contributed by atoms with Gasteiger partial charge in [0.25, 0.3) is 0 Å². The number of nitriles is 1. The molecule has 0 spiro atoms. The lowest BCUT2D eigenvalue weighted by atomic mass is 9.87. The highest BCUT2D eigenvalue weighted by atomic mass is 14.7. The second-order valence-electron chi connectivity index (χ2n) is 4.07. The maximum atomic E-state index is 8.90. The Bertz CT molecular complexity index is 402. The molecule has 1 aliphatic carbocycles. The molecule has 2 heteroatoms. The molecule has 1 aromatic heterocycles. The van der Waals surface area contributed by atoms with E-state index in [1.807, 2.05) is 13.0 Å². The summed E-state index contributed by atoms with van der Waals surface area (Å²) in [5.74, 6) is 0.560. The summed E-state index contributed by atoms with van der Waals surface area (Å²) in [5.41, 5.74) is 4.11. The molecule has 1 heterocycles. The van der Waals surface area contributed by atoms with E-state index in [-0.39, 0.29) is 0 Å². The SMILES string of the molecule is Cc1nc2c(cc1C#N)CCCC2C. The van der Waals surface area contributed by atoms with Crippen LogP contribution in [0.15, 0.2) is 6.07 Å². The number of fused-ring (bicyclic) bond motifs is 1. The summed E-state index contributed by atoms with van der Waals surface area (Å²) in [6.45, 7) is 4.14. The standard InChI is InChI=1S/C12H14N2/c1-8-4-3-5-10-6-11(7-13)9(2)14-12(8)10/h6,8H,3-5H2,1-2H3. The summed E-state index contributed by atoms with van der Waals surface area (Å²) in [6.07, 6.45) is 3.54.